The van der Waals surface area contributed by atoms with Crippen LogP contribution in [-0.2, 0) is 4.74 Å². The standard InChI is InChI=1S/C21H20N8O5S2/c1-9-23-11-3-2-10(4-15(11)36-9)28-8-22-26-20(28)19-18(32)16(17(31)14(6-30)34-19)29-5-12(25-27-29)13-7-35-21(33)24-13/h2-5,7-8,14,16-19,30-32H,6H2,1H3,(H,24,33)/t14?,16-,17-,18?,19+/m0/s1. The van der Waals surface area contributed by atoms with Gasteiger partial charge >= 0.3 is 4.87 Å². The monoisotopic (exact) mass is 528 g/mol. The van der Waals surface area contributed by atoms with E-state index in [9.17, 15) is 20.1 Å². The Morgan fingerprint density at radius 1 is 1.22 bits per heavy atom. The highest BCUT2D eigenvalue weighted by Crippen LogP contribution is 2.38. The van der Waals surface area contributed by atoms with E-state index < -0.39 is 37.1 Å². The number of rotatable bonds is 5. The van der Waals surface area contributed by atoms with E-state index in [0.29, 0.717) is 17.2 Å². The van der Waals surface area contributed by atoms with E-state index in [1.807, 2.05) is 25.1 Å². The van der Waals surface area contributed by atoms with Crippen molar-refractivity contribution in [3.05, 3.63) is 56.6 Å². The maximum atomic E-state index is 11.5. The summed E-state index contributed by atoms with van der Waals surface area (Å²) in [4.78, 5) is 18.4. The Bertz CT molecular complexity index is 1590. The number of aliphatic hydroxyl groups excluding tert-OH is 3. The van der Waals surface area contributed by atoms with E-state index in [4.69, 9.17) is 4.74 Å². The second kappa shape index (κ2) is 8.95. The number of benzene rings is 1. The van der Waals surface area contributed by atoms with E-state index in [1.54, 1.807) is 21.3 Å². The van der Waals surface area contributed by atoms with Crippen molar-refractivity contribution in [2.45, 2.75) is 37.4 Å². The number of nitrogens with zero attached hydrogens (tertiary/aromatic N) is 7. The molecule has 4 N–H and O–H groups in total. The van der Waals surface area contributed by atoms with Gasteiger partial charge in [-0.25, -0.2) is 9.67 Å². The first-order valence-corrected chi connectivity index (χ1v) is 12.6. The van der Waals surface area contributed by atoms with Gasteiger partial charge in [-0.2, -0.15) is 0 Å². The summed E-state index contributed by atoms with van der Waals surface area (Å²) in [6, 6.07) is 4.68. The molecule has 6 rings (SSSR count). The van der Waals surface area contributed by atoms with Gasteiger partial charge in [0.15, 0.2) is 5.82 Å². The maximum absolute atomic E-state index is 11.5. The van der Waals surface area contributed by atoms with E-state index >= 15 is 0 Å². The Labute approximate surface area is 210 Å². The van der Waals surface area contributed by atoms with Gasteiger partial charge in [0.25, 0.3) is 0 Å². The van der Waals surface area contributed by atoms with Crippen LogP contribution in [0.3, 0.4) is 0 Å². The largest absolute Gasteiger partial charge is 0.394 e. The van der Waals surface area contributed by atoms with Crippen molar-refractivity contribution in [3.63, 3.8) is 0 Å². The number of fused-ring (bicyclic) bond motifs is 1. The molecular weight excluding hydrogens is 508 g/mol. The van der Waals surface area contributed by atoms with Crippen LogP contribution in [0.25, 0.3) is 27.3 Å². The lowest BCUT2D eigenvalue weighted by atomic mass is 9.92. The molecule has 1 aliphatic heterocycles. The summed E-state index contributed by atoms with van der Waals surface area (Å²) in [6.45, 7) is 1.44. The molecule has 13 nitrogen and oxygen atoms in total. The highest BCUT2D eigenvalue weighted by atomic mass is 32.1. The van der Waals surface area contributed by atoms with Crippen LogP contribution in [0.15, 0.2) is 40.9 Å². The van der Waals surface area contributed by atoms with Crippen molar-refractivity contribution in [2.24, 2.45) is 0 Å². The number of aromatic amines is 1. The minimum Gasteiger partial charge on any atom is -0.394 e. The first-order chi connectivity index (χ1) is 17.4. The van der Waals surface area contributed by atoms with Crippen LogP contribution >= 0.6 is 22.7 Å². The zero-order valence-electron chi connectivity index (χ0n) is 18.7. The van der Waals surface area contributed by atoms with Gasteiger partial charge in [0.1, 0.15) is 42.5 Å². The van der Waals surface area contributed by atoms with Gasteiger partial charge in [-0.15, -0.1) is 26.6 Å². The van der Waals surface area contributed by atoms with Gasteiger partial charge in [-0.3, -0.25) is 9.36 Å². The van der Waals surface area contributed by atoms with Crippen LogP contribution in [0.5, 0.6) is 0 Å². The first kappa shape index (κ1) is 23.1. The number of aromatic nitrogens is 8. The van der Waals surface area contributed by atoms with Crippen LogP contribution in [0.2, 0.25) is 0 Å². The summed E-state index contributed by atoms with van der Waals surface area (Å²) in [5, 5.41) is 51.1. The molecule has 1 aromatic carbocycles. The molecule has 4 aromatic heterocycles. The van der Waals surface area contributed by atoms with E-state index in [-0.39, 0.29) is 4.87 Å². The summed E-state index contributed by atoms with van der Waals surface area (Å²) in [5.74, 6) is 0.293. The number of aliphatic hydroxyl groups is 3. The Morgan fingerprint density at radius 2 is 2.08 bits per heavy atom. The average Bonchev–Trinajstić information content (AvgIpc) is 3.65. The van der Waals surface area contributed by atoms with Crippen molar-refractivity contribution in [3.8, 4) is 17.1 Å². The van der Waals surface area contributed by atoms with Crippen LogP contribution in [0, 0.1) is 6.92 Å². The second-order valence-corrected chi connectivity index (χ2v) is 10.4. The van der Waals surface area contributed by atoms with Gasteiger partial charge in [0.2, 0.25) is 0 Å². The predicted octanol–water partition coefficient (Wildman–Crippen LogP) is 0.589. The fourth-order valence-corrected chi connectivity index (χ4v) is 5.83. The van der Waals surface area contributed by atoms with Crippen LogP contribution in [0.1, 0.15) is 23.0 Å². The molecular formula is C21H20N8O5S2. The zero-order valence-corrected chi connectivity index (χ0v) is 20.3. The molecule has 5 atom stereocenters. The first-order valence-electron chi connectivity index (χ1n) is 10.9. The van der Waals surface area contributed by atoms with Crippen LogP contribution in [-0.4, -0.2) is 80.0 Å². The molecule has 0 aliphatic carbocycles. The van der Waals surface area contributed by atoms with Gasteiger partial charge in [-0.1, -0.05) is 16.6 Å². The fourth-order valence-electron chi connectivity index (χ4n) is 4.39. The van der Waals surface area contributed by atoms with Crippen molar-refractivity contribution >= 4 is 32.9 Å². The topological polar surface area (TPSA) is 177 Å². The number of ether oxygens (including phenoxy) is 1. The lowest BCUT2D eigenvalue weighted by Crippen LogP contribution is -2.53. The summed E-state index contributed by atoms with van der Waals surface area (Å²) >= 11 is 2.55. The highest BCUT2D eigenvalue weighted by molar-refractivity contribution is 7.18. The third kappa shape index (κ3) is 3.85. The molecule has 1 fully saturated rings. The van der Waals surface area contributed by atoms with Crippen molar-refractivity contribution in [1.82, 2.24) is 39.7 Å². The van der Waals surface area contributed by atoms with Gasteiger partial charge in [-0.05, 0) is 25.1 Å². The molecule has 1 saturated heterocycles. The van der Waals surface area contributed by atoms with E-state index in [1.165, 1.54) is 17.2 Å². The van der Waals surface area contributed by atoms with Crippen molar-refractivity contribution < 1.29 is 20.1 Å². The van der Waals surface area contributed by atoms with E-state index in [2.05, 4.69) is 30.5 Å². The quantitative estimate of drug-likeness (QED) is 0.252. The normalized spacial score (nSPS) is 24.5. The molecule has 2 unspecified atom stereocenters. The SMILES string of the molecule is Cc1nc2ccc(-n3cnnc3[C@@H]3OC(CO)[C@H](O)[C@H](n4cc(-c5csc(=O)[nH]5)nn4)C3O)cc2s1. The molecule has 0 amide bonds. The fraction of sp³-hybridized carbons (Fsp3) is 0.333. The number of nitrogens with one attached hydrogen (secondary N) is 1. The van der Waals surface area contributed by atoms with E-state index in [0.717, 1.165) is 32.2 Å². The molecule has 5 aromatic rings. The molecule has 0 bridgehead atoms. The molecule has 0 radical (unpaired) electrons. The lowest BCUT2D eigenvalue weighted by molar-refractivity contribution is -0.210. The Balaban J connectivity index is 1.37. The molecule has 1 aliphatic rings. The molecule has 15 heteroatoms. The number of thiazole rings is 2. The molecule has 186 valence electrons. The third-order valence-electron chi connectivity index (χ3n) is 6.09. The summed E-state index contributed by atoms with van der Waals surface area (Å²) in [7, 11) is 0. The maximum Gasteiger partial charge on any atom is 0.304 e. The van der Waals surface area contributed by atoms with Crippen molar-refractivity contribution in [2.75, 3.05) is 6.61 Å². The second-order valence-electron chi connectivity index (χ2n) is 8.34. The predicted molar refractivity (Wildman–Crippen MR) is 129 cm³/mol. The molecule has 5 heterocycles. The highest BCUT2D eigenvalue weighted by Gasteiger charge is 2.48. The number of H-pyrrole nitrogens is 1. The van der Waals surface area contributed by atoms with Gasteiger partial charge in [0, 0.05) is 11.1 Å². The third-order valence-corrected chi connectivity index (χ3v) is 7.69. The van der Waals surface area contributed by atoms with Gasteiger partial charge < -0.3 is 25.0 Å². The molecule has 0 saturated carbocycles. The summed E-state index contributed by atoms with van der Waals surface area (Å²) < 4.78 is 9.90. The number of hydrogen-bond acceptors (Lipinski definition) is 12. The Morgan fingerprint density at radius 3 is 2.86 bits per heavy atom. The molecule has 36 heavy (non-hydrogen) atoms. The smallest absolute Gasteiger partial charge is 0.304 e. The number of aryl methyl sites for hydroxylation is 1. The summed E-state index contributed by atoms with van der Waals surface area (Å²) in [6.07, 6.45) is -1.69. The van der Waals surface area contributed by atoms with Crippen LogP contribution < -0.4 is 4.87 Å². The number of hydrogen-bond donors (Lipinski definition) is 4. The van der Waals surface area contributed by atoms with Gasteiger partial charge in [0.05, 0.1) is 33.7 Å². The Hall–Kier alpha value is -3.34. The average molecular weight is 529 g/mol. The van der Waals surface area contributed by atoms with Crippen LogP contribution in [0.4, 0.5) is 0 Å². The zero-order chi connectivity index (χ0) is 25.0. The minimum absolute atomic E-state index is 0.239. The Kier molecular flexibility index (Phi) is 5.74. The molecule has 0 spiro atoms. The van der Waals surface area contributed by atoms with Crippen molar-refractivity contribution in [1.29, 1.82) is 0 Å². The minimum atomic E-state index is -1.32. The lowest BCUT2D eigenvalue weighted by Gasteiger charge is -2.41. The summed E-state index contributed by atoms with van der Waals surface area (Å²) in [5.41, 5.74) is 2.46.